The van der Waals surface area contributed by atoms with E-state index in [9.17, 15) is 4.79 Å². The van der Waals surface area contributed by atoms with Gasteiger partial charge in [-0.2, -0.15) is 4.68 Å². The minimum atomic E-state index is -0.203. The predicted molar refractivity (Wildman–Crippen MR) is 107 cm³/mol. The Morgan fingerprint density at radius 2 is 2.07 bits per heavy atom. The van der Waals surface area contributed by atoms with Crippen LogP contribution in [0.1, 0.15) is 30.3 Å². The zero-order chi connectivity index (χ0) is 19.3. The number of H-pyrrole nitrogens is 1. The highest BCUT2D eigenvalue weighted by Crippen LogP contribution is 2.24. The van der Waals surface area contributed by atoms with E-state index in [1.54, 1.807) is 7.11 Å². The summed E-state index contributed by atoms with van der Waals surface area (Å²) in [5, 5.41) is 4.58. The van der Waals surface area contributed by atoms with Crippen LogP contribution in [0.25, 0.3) is 5.69 Å². The molecule has 3 aromatic rings. The van der Waals surface area contributed by atoms with Crippen LogP contribution in [0.3, 0.4) is 0 Å². The van der Waals surface area contributed by atoms with E-state index in [2.05, 4.69) is 26.0 Å². The van der Waals surface area contributed by atoms with Gasteiger partial charge in [-0.1, -0.05) is 6.07 Å². The number of hydrogen-bond donors (Lipinski definition) is 1. The summed E-state index contributed by atoms with van der Waals surface area (Å²) in [5.41, 5.74) is 1.64. The molecule has 0 spiro atoms. The molecule has 7 heteroatoms. The van der Waals surface area contributed by atoms with Gasteiger partial charge in [-0.05, 0) is 55.8 Å². The molecule has 146 valence electrons. The highest BCUT2D eigenvalue weighted by atomic mass is 16.5. The number of pyridine rings is 1. The van der Waals surface area contributed by atoms with Crippen molar-refractivity contribution < 1.29 is 4.74 Å². The molecule has 0 amide bonds. The zero-order valence-corrected chi connectivity index (χ0v) is 16.0. The maximum absolute atomic E-state index is 12.4. The van der Waals surface area contributed by atoms with Gasteiger partial charge in [0, 0.05) is 37.3 Å². The van der Waals surface area contributed by atoms with Gasteiger partial charge in [0.2, 0.25) is 0 Å². The van der Waals surface area contributed by atoms with Gasteiger partial charge in [-0.3, -0.25) is 9.97 Å². The van der Waals surface area contributed by atoms with Crippen molar-refractivity contribution in [3.63, 3.8) is 0 Å². The van der Waals surface area contributed by atoms with Gasteiger partial charge in [0.05, 0.1) is 12.8 Å². The third-order valence-electron chi connectivity index (χ3n) is 5.25. The summed E-state index contributed by atoms with van der Waals surface area (Å²) in [7, 11) is 1.62. The van der Waals surface area contributed by atoms with E-state index in [1.807, 2.05) is 42.6 Å². The summed E-state index contributed by atoms with van der Waals surface area (Å²) in [4.78, 5) is 22.2. The molecule has 0 saturated carbocycles. The second kappa shape index (κ2) is 8.39. The molecule has 2 aromatic heterocycles. The number of piperidine rings is 1. The number of likely N-dealkylation sites (tertiary alicyclic amines) is 1. The maximum Gasteiger partial charge on any atom is 0.348 e. The minimum Gasteiger partial charge on any atom is -0.497 e. The van der Waals surface area contributed by atoms with E-state index in [1.165, 1.54) is 4.68 Å². The van der Waals surface area contributed by atoms with Crippen molar-refractivity contribution in [2.75, 3.05) is 26.7 Å². The summed E-state index contributed by atoms with van der Waals surface area (Å²) < 4.78 is 6.61. The predicted octanol–water partition coefficient (Wildman–Crippen LogP) is 2.39. The van der Waals surface area contributed by atoms with E-state index < -0.39 is 0 Å². The third-order valence-corrected chi connectivity index (χ3v) is 5.25. The van der Waals surface area contributed by atoms with Crippen LogP contribution in [0.2, 0.25) is 0 Å². The Bertz CT molecular complexity index is 949. The van der Waals surface area contributed by atoms with Gasteiger partial charge in [-0.15, -0.1) is 5.10 Å². The number of hydrogen-bond acceptors (Lipinski definition) is 5. The molecule has 3 heterocycles. The Morgan fingerprint density at radius 1 is 1.21 bits per heavy atom. The third kappa shape index (κ3) is 4.14. The average Bonchev–Trinajstić information content (AvgIpc) is 3.15. The van der Waals surface area contributed by atoms with Crippen molar-refractivity contribution in [3.8, 4) is 11.4 Å². The number of methoxy groups -OCH3 is 1. The molecule has 1 atom stereocenters. The van der Waals surface area contributed by atoms with Crippen LogP contribution in [0, 0.1) is 0 Å². The van der Waals surface area contributed by atoms with Crippen LogP contribution in [0.4, 0.5) is 0 Å². The van der Waals surface area contributed by atoms with E-state index in [4.69, 9.17) is 4.74 Å². The molecule has 1 aliphatic heterocycles. The average molecular weight is 379 g/mol. The SMILES string of the molecule is COc1ccc(-n2nc([C@H]3CCCN(CCc4ccccn4)C3)[nH]c2=O)cc1. The monoisotopic (exact) mass is 379 g/mol. The second-order valence-corrected chi connectivity index (χ2v) is 7.14. The number of benzene rings is 1. The van der Waals surface area contributed by atoms with Gasteiger partial charge in [0.25, 0.3) is 0 Å². The molecule has 7 nitrogen and oxygen atoms in total. The Balaban J connectivity index is 1.44. The minimum absolute atomic E-state index is 0.203. The highest BCUT2D eigenvalue weighted by molar-refractivity contribution is 5.36. The van der Waals surface area contributed by atoms with E-state index in [-0.39, 0.29) is 11.6 Å². The highest BCUT2D eigenvalue weighted by Gasteiger charge is 2.24. The first-order valence-corrected chi connectivity index (χ1v) is 9.69. The molecule has 0 radical (unpaired) electrons. The fourth-order valence-corrected chi connectivity index (χ4v) is 3.72. The zero-order valence-electron chi connectivity index (χ0n) is 16.0. The molecule has 1 saturated heterocycles. The summed E-state index contributed by atoms with van der Waals surface area (Å²) in [6.45, 7) is 2.95. The van der Waals surface area contributed by atoms with Crippen LogP contribution < -0.4 is 10.4 Å². The Hall–Kier alpha value is -2.93. The van der Waals surface area contributed by atoms with Crippen molar-refractivity contribution in [1.29, 1.82) is 0 Å². The summed E-state index contributed by atoms with van der Waals surface area (Å²) in [5.74, 6) is 1.76. The molecule has 1 N–H and O–H groups in total. The molecule has 4 rings (SSSR count). The summed E-state index contributed by atoms with van der Waals surface area (Å²) in [6.07, 6.45) is 4.91. The summed E-state index contributed by atoms with van der Waals surface area (Å²) >= 11 is 0. The van der Waals surface area contributed by atoms with Crippen molar-refractivity contribution in [2.24, 2.45) is 0 Å². The van der Waals surface area contributed by atoms with Gasteiger partial charge in [0.15, 0.2) is 0 Å². The van der Waals surface area contributed by atoms with Crippen molar-refractivity contribution >= 4 is 0 Å². The first kappa shape index (κ1) is 18.4. The van der Waals surface area contributed by atoms with Crippen LogP contribution in [-0.4, -0.2) is 51.4 Å². The number of aromatic nitrogens is 4. The Labute approximate surface area is 164 Å². The number of nitrogens with one attached hydrogen (secondary N) is 1. The second-order valence-electron chi connectivity index (χ2n) is 7.14. The van der Waals surface area contributed by atoms with Crippen LogP contribution in [0.15, 0.2) is 53.5 Å². The molecule has 0 unspecified atom stereocenters. The lowest BCUT2D eigenvalue weighted by Gasteiger charge is -2.31. The maximum atomic E-state index is 12.4. The number of aromatic amines is 1. The van der Waals surface area contributed by atoms with Crippen molar-refractivity contribution in [3.05, 3.63) is 70.7 Å². The molecule has 1 fully saturated rings. The largest absolute Gasteiger partial charge is 0.497 e. The lowest BCUT2D eigenvalue weighted by molar-refractivity contribution is 0.206. The fourth-order valence-electron chi connectivity index (χ4n) is 3.72. The smallest absolute Gasteiger partial charge is 0.348 e. The standard InChI is InChI=1S/C21H25N5O2/c1-28-19-9-7-18(8-10-19)26-21(27)23-20(24-26)16-5-4-13-25(15-16)14-11-17-6-2-3-12-22-17/h2-3,6-10,12,16H,4-5,11,13-15H2,1H3,(H,23,24,27)/t16-/m0/s1. The quantitative estimate of drug-likeness (QED) is 0.712. The van der Waals surface area contributed by atoms with Crippen molar-refractivity contribution in [2.45, 2.75) is 25.2 Å². The van der Waals surface area contributed by atoms with Crippen LogP contribution in [0.5, 0.6) is 5.75 Å². The van der Waals surface area contributed by atoms with Crippen LogP contribution >= 0.6 is 0 Å². The van der Waals surface area contributed by atoms with Crippen LogP contribution in [-0.2, 0) is 6.42 Å². The number of rotatable bonds is 6. The molecule has 0 aliphatic carbocycles. The summed E-state index contributed by atoms with van der Waals surface area (Å²) in [6, 6.07) is 13.4. The van der Waals surface area contributed by atoms with Gasteiger partial charge >= 0.3 is 5.69 Å². The molecule has 1 aromatic carbocycles. The normalized spacial score (nSPS) is 17.5. The molecular formula is C21H25N5O2. The number of ether oxygens (including phenoxy) is 1. The molecular weight excluding hydrogens is 354 g/mol. The topological polar surface area (TPSA) is 76.0 Å². The van der Waals surface area contributed by atoms with E-state index in [0.717, 1.165) is 61.9 Å². The van der Waals surface area contributed by atoms with E-state index in [0.29, 0.717) is 0 Å². The Kier molecular flexibility index (Phi) is 5.53. The van der Waals surface area contributed by atoms with Crippen molar-refractivity contribution in [1.82, 2.24) is 24.6 Å². The van der Waals surface area contributed by atoms with Gasteiger partial charge in [0.1, 0.15) is 11.6 Å². The molecule has 1 aliphatic rings. The number of nitrogens with zero attached hydrogens (tertiary/aromatic N) is 4. The van der Waals surface area contributed by atoms with Gasteiger partial charge in [-0.25, -0.2) is 4.79 Å². The van der Waals surface area contributed by atoms with Gasteiger partial charge < -0.3 is 9.64 Å². The lowest BCUT2D eigenvalue weighted by atomic mass is 9.97. The fraction of sp³-hybridized carbons (Fsp3) is 0.381. The first-order valence-electron chi connectivity index (χ1n) is 9.69. The first-order chi connectivity index (χ1) is 13.7. The molecule has 28 heavy (non-hydrogen) atoms. The van der Waals surface area contributed by atoms with E-state index >= 15 is 0 Å². The lowest BCUT2D eigenvalue weighted by Crippen LogP contribution is -2.36. The Morgan fingerprint density at radius 3 is 2.82 bits per heavy atom. The molecule has 0 bridgehead atoms.